The molecule has 5 nitrogen and oxygen atoms in total. The molecule has 0 bridgehead atoms. The van der Waals surface area contributed by atoms with Crippen molar-refractivity contribution in [2.45, 2.75) is 26.2 Å². The van der Waals surface area contributed by atoms with Crippen LogP contribution in [-0.4, -0.2) is 17.4 Å². The van der Waals surface area contributed by atoms with Crippen LogP contribution in [-0.2, 0) is 10.2 Å². The number of aryl methyl sites for hydroxylation is 1. The Kier molecular flexibility index (Phi) is 3.26. The molecule has 1 heterocycles. The number of aromatic nitrogens is 1. The smallest absolute Gasteiger partial charge is 0.322 e. The summed E-state index contributed by atoms with van der Waals surface area (Å²) < 4.78 is 5.50. The molecule has 0 saturated carbocycles. The van der Waals surface area contributed by atoms with Crippen LogP contribution in [0.4, 0.5) is 0 Å². The summed E-state index contributed by atoms with van der Waals surface area (Å²) in [5, 5.41) is 11.0. The SMILES string of the molecule is Cc1nc2ccc(C(C)(C)CNC(=O)C#N)cc2o1. The van der Waals surface area contributed by atoms with Crippen molar-refractivity contribution in [3.63, 3.8) is 0 Å². The van der Waals surface area contributed by atoms with E-state index in [1.54, 1.807) is 13.0 Å². The molecule has 2 aromatic rings. The van der Waals surface area contributed by atoms with Gasteiger partial charge in [-0.15, -0.1) is 0 Å². The number of nitriles is 1. The first-order valence-electron chi connectivity index (χ1n) is 5.98. The van der Waals surface area contributed by atoms with Gasteiger partial charge in [-0.1, -0.05) is 19.9 Å². The van der Waals surface area contributed by atoms with E-state index in [1.807, 2.05) is 32.0 Å². The van der Waals surface area contributed by atoms with Crippen LogP contribution in [0.2, 0.25) is 0 Å². The van der Waals surface area contributed by atoms with Gasteiger partial charge in [-0.05, 0) is 17.7 Å². The van der Waals surface area contributed by atoms with Crippen LogP contribution in [0, 0.1) is 18.3 Å². The Morgan fingerprint density at radius 3 is 2.95 bits per heavy atom. The number of amides is 1. The molecule has 1 amide bonds. The number of carbonyl (C=O) groups excluding carboxylic acids is 1. The molecule has 1 aromatic carbocycles. The summed E-state index contributed by atoms with van der Waals surface area (Å²) in [5.41, 5.74) is 2.28. The Morgan fingerprint density at radius 1 is 1.53 bits per heavy atom. The second-order valence-corrected chi connectivity index (χ2v) is 5.09. The van der Waals surface area contributed by atoms with E-state index in [2.05, 4.69) is 10.3 Å². The highest BCUT2D eigenvalue weighted by Gasteiger charge is 2.22. The van der Waals surface area contributed by atoms with Gasteiger partial charge in [0.05, 0.1) is 0 Å². The molecule has 0 aliphatic carbocycles. The summed E-state index contributed by atoms with van der Waals surface area (Å²) in [7, 11) is 0. The molecule has 0 aliphatic heterocycles. The maximum atomic E-state index is 11.0. The van der Waals surface area contributed by atoms with Crippen molar-refractivity contribution in [2.24, 2.45) is 0 Å². The van der Waals surface area contributed by atoms with Crippen molar-refractivity contribution in [1.29, 1.82) is 5.26 Å². The lowest BCUT2D eigenvalue weighted by Gasteiger charge is -2.24. The fourth-order valence-corrected chi connectivity index (χ4v) is 1.90. The lowest BCUT2D eigenvalue weighted by molar-refractivity contribution is -0.116. The van der Waals surface area contributed by atoms with Gasteiger partial charge in [0.2, 0.25) is 0 Å². The number of rotatable bonds is 3. The minimum Gasteiger partial charge on any atom is -0.441 e. The van der Waals surface area contributed by atoms with Crippen LogP contribution in [0.25, 0.3) is 11.1 Å². The molecule has 1 N–H and O–H groups in total. The van der Waals surface area contributed by atoms with Crippen molar-refractivity contribution < 1.29 is 9.21 Å². The first-order valence-corrected chi connectivity index (χ1v) is 5.98. The van der Waals surface area contributed by atoms with Crippen LogP contribution >= 0.6 is 0 Å². The molecule has 0 fully saturated rings. The monoisotopic (exact) mass is 257 g/mol. The van der Waals surface area contributed by atoms with E-state index in [0.29, 0.717) is 12.4 Å². The van der Waals surface area contributed by atoms with Crippen LogP contribution in [0.3, 0.4) is 0 Å². The summed E-state index contributed by atoms with van der Waals surface area (Å²) in [6.45, 7) is 6.18. The molecule has 1 aromatic heterocycles. The summed E-state index contributed by atoms with van der Waals surface area (Å²) in [5.74, 6) is 0.00685. The molecule has 5 heteroatoms. The van der Waals surface area contributed by atoms with Crippen LogP contribution in [0.1, 0.15) is 25.3 Å². The van der Waals surface area contributed by atoms with E-state index in [-0.39, 0.29) is 5.41 Å². The Balaban J connectivity index is 2.26. The Bertz CT molecular complexity index is 665. The highest BCUT2D eigenvalue weighted by molar-refractivity contribution is 5.91. The van der Waals surface area contributed by atoms with Crippen LogP contribution < -0.4 is 5.32 Å². The van der Waals surface area contributed by atoms with E-state index in [4.69, 9.17) is 9.68 Å². The zero-order valence-corrected chi connectivity index (χ0v) is 11.2. The maximum absolute atomic E-state index is 11.0. The van der Waals surface area contributed by atoms with Crippen molar-refractivity contribution in [1.82, 2.24) is 10.3 Å². The van der Waals surface area contributed by atoms with E-state index >= 15 is 0 Å². The highest BCUT2D eigenvalue weighted by Crippen LogP contribution is 2.26. The van der Waals surface area contributed by atoms with Crippen LogP contribution in [0.5, 0.6) is 0 Å². The first-order chi connectivity index (χ1) is 8.92. The van der Waals surface area contributed by atoms with E-state index in [1.165, 1.54) is 0 Å². The fourth-order valence-electron chi connectivity index (χ4n) is 1.90. The second-order valence-electron chi connectivity index (χ2n) is 5.09. The first kappa shape index (κ1) is 13.1. The molecular formula is C14H15N3O2. The van der Waals surface area contributed by atoms with Crippen molar-refractivity contribution in [2.75, 3.05) is 6.54 Å². The quantitative estimate of drug-likeness (QED) is 0.853. The molecule has 0 spiro atoms. The van der Waals surface area contributed by atoms with Gasteiger partial charge in [0, 0.05) is 18.9 Å². The van der Waals surface area contributed by atoms with Gasteiger partial charge in [-0.3, -0.25) is 4.79 Å². The average molecular weight is 257 g/mol. The van der Waals surface area contributed by atoms with Gasteiger partial charge < -0.3 is 9.73 Å². The number of benzene rings is 1. The van der Waals surface area contributed by atoms with Crippen molar-refractivity contribution >= 4 is 17.0 Å². The summed E-state index contributed by atoms with van der Waals surface area (Å²) in [4.78, 5) is 15.2. The largest absolute Gasteiger partial charge is 0.441 e. The van der Waals surface area contributed by atoms with E-state index in [0.717, 1.165) is 16.7 Å². The van der Waals surface area contributed by atoms with Crippen molar-refractivity contribution in [3.8, 4) is 6.07 Å². The number of fused-ring (bicyclic) bond motifs is 1. The summed E-state index contributed by atoms with van der Waals surface area (Å²) in [6.07, 6.45) is 0. The molecular weight excluding hydrogens is 242 g/mol. The third-order valence-electron chi connectivity index (χ3n) is 3.07. The van der Waals surface area contributed by atoms with Gasteiger partial charge in [-0.25, -0.2) is 4.98 Å². The van der Waals surface area contributed by atoms with Crippen LogP contribution in [0.15, 0.2) is 22.6 Å². The molecule has 0 saturated heterocycles. The summed E-state index contributed by atoms with van der Waals surface area (Å²) >= 11 is 0. The number of oxazole rings is 1. The van der Waals surface area contributed by atoms with Gasteiger partial charge in [-0.2, -0.15) is 5.26 Å². The van der Waals surface area contributed by atoms with Gasteiger partial charge in [0.1, 0.15) is 5.52 Å². The topological polar surface area (TPSA) is 78.9 Å². The maximum Gasteiger partial charge on any atom is 0.322 e. The van der Waals surface area contributed by atoms with Gasteiger partial charge >= 0.3 is 5.91 Å². The van der Waals surface area contributed by atoms with Crippen molar-refractivity contribution in [3.05, 3.63) is 29.7 Å². The molecule has 2 rings (SSSR count). The standard InChI is InChI=1S/C14H15N3O2/c1-9-17-11-5-4-10(6-12(11)19-9)14(2,3)8-16-13(18)7-15/h4-6H,8H2,1-3H3,(H,16,18). The number of nitrogens with zero attached hydrogens (tertiary/aromatic N) is 2. The number of carbonyl (C=O) groups is 1. The molecule has 0 unspecified atom stereocenters. The van der Waals surface area contributed by atoms with E-state index < -0.39 is 5.91 Å². The highest BCUT2D eigenvalue weighted by atomic mass is 16.3. The third kappa shape index (κ3) is 2.74. The minimum absolute atomic E-state index is 0.290. The lowest BCUT2D eigenvalue weighted by Crippen LogP contribution is -2.35. The zero-order valence-electron chi connectivity index (χ0n) is 11.2. The zero-order chi connectivity index (χ0) is 14.0. The van der Waals surface area contributed by atoms with Gasteiger partial charge in [0.25, 0.3) is 0 Å². The molecule has 0 aliphatic rings. The van der Waals surface area contributed by atoms with Gasteiger partial charge in [0.15, 0.2) is 17.5 Å². The Labute approximate surface area is 111 Å². The number of hydrogen-bond donors (Lipinski definition) is 1. The lowest BCUT2D eigenvalue weighted by atomic mass is 9.84. The predicted molar refractivity (Wildman–Crippen MR) is 70.4 cm³/mol. The normalized spacial score (nSPS) is 11.3. The second kappa shape index (κ2) is 4.73. The molecule has 98 valence electrons. The fraction of sp³-hybridized carbons (Fsp3) is 0.357. The third-order valence-corrected chi connectivity index (χ3v) is 3.07. The molecule has 0 atom stereocenters. The minimum atomic E-state index is -0.621. The Morgan fingerprint density at radius 2 is 2.26 bits per heavy atom. The molecule has 0 radical (unpaired) electrons. The predicted octanol–water partition coefficient (Wildman–Crippen LogP) is 2.05. The molecule has 19 heavy (non-hydrogen) atoms. The van der Waals surface area contributed by atoms with E-state index in [9.17, 15) is 4.79 Å². The Hall–Kier alpha value is -2.35. The summed E-state index contributed by atoms with van der Waals surface area (Å²) in [6, 6.07) is 7.33. The average Bonchev–Trinajstić information content (AvgIpc) is 2.74. The number of nitrogens with one attached hydrogen (secondary N) is 1. The number of hydrogen-bond acceptors (Lipinski definition) is 4.